The first-order valence-corrected chi connectivity index (χ1v) is 3.85. The first kappa shape index (κ1) is 7.85. The van der Waals surface area contributed by atoms with Crippen LogP contribution in [0.15, 0.2) is 18.6 Å². The van der Waals surface area contributed by atoms with Crippen LogP contribution < -0.4 is 4.90 Å². The molecule has 0 aromatic carbocycles. The zero-order valence-electron chi connectivity index (χ0n) is 6.80. The van der Waals surface area contributed by atoms with Crippen LogP contribution in [0.2, 0.25) is 0 Å². The van der Waals surface area contributed by atoms with Crippen LogP contribution >= 0.6 is 0 Å². The van der Waals surface area contributed by atoms with Gasteiger partial charge in [-0.15, -0.1) is 0 Å². The Hall–Kier alpha value is -1.78. The number of hydrogen-bond donors (Lipinski definition) is 0. The minimum atomic E-state index is -0.191. The molecular formula is C8H7N3O2. The van der Waals surface area contributed by atoms with Gasteiger partial charge in [-0.2, -0.15) is 0 Å². The normalized spacial score (nSPS) is 16.8. The van der Waals surface area contributed by atoms with Crippen molar-refractivity contribution in [3.05, 3.63) is 18.6 Å². The van der Waals surface area contributed by atoms with Gasteiger partial charge < -0.3 is 0 Å². The standard InChI is InChI=1S/C8H7N3O2/c12-6-3-8(13)11(4-6)7-1-2-9-5-10-7/h1-2,5H,3-4H2. The number of rotatable bonds is 1. The lowest BCUT2D eigenvalue weighted by Gasteiger charge is -2.11. The molecule has 1 aromatic heterocycles. The lowest BCUT2D eigenvalue weighted by atomic mass is 10.3. The molecule has 1 fully saturated rings. The van der Waals surface area contributed by atoms with Gasteiger partial charge in [-0.1, -0.05) is 0 Å². The smallest absolute Gasteiger partial charge is 0.236 e. The fourth-order valence-corrected chi connectivity index (χ4v) is 1.24. The van der Waals surface area contributed by atoms with Gasteiger partial charge in [-0.05, 0) is 6.07 Å². The summed E-state index contributed by atoms with van der Waals surface area (Å²) in [6.45, 7) is 0.135. The summed E-state index contributed by atoms with van der Waals surface area (Å²) in [5.41, 5.74) is 0. The van der Waals surface area contributed by atoms with Crippen LogP contribution in [-0.4, -0.2) is 28.2 Å². The first-order chi connectivity index (χ1) is 6.27. The second-order valence-electron chi connectivity index (χ2n) is 2.76. The Morgan fingerprint density at radius 1 is 1.38 bits per heavy atom. The topological polar surface area (TPSA) is 63.2 Å². The highest BCUT2D eigenvalue weighted by molar-refractivity contribution is 6.14. The third-order valence-corrected chi connectivity index (χ3v) is 1.83. The van der Waals surface area contributed by atoms with Crippen LogP contribution in [-0.2, 0) is 9.59 Å². The molecule has 0 N–H and O–H groups in total. The summed E-state index contributed by atoms with van der Waals surface area (Å²) >= 11 is 0. The predicted molar refractivity (Wildman–Crippen MR) is 44.0 cm³/mol. The Labute approximate surface area is 74.4 Å². The molecule has 1 amide bonds. The lowest BCUT2D eigenvalue weighted by Crippen LogP contribution is -2.25. The third-order valence-electron chi connectivity index (χ3n) is 1.83. The van der Waals surface area contributed by atoms with Crippen molar-refractivity contribution in [3.8, 4) is 0 Å². The summed E-state index contributed by atoms with van der Waals surface area (Å²) in [5, 5.41) is 0. The Balaban J connectivity index is 2.28. The number of carbonyl (C=O) groups is 2. The molecule has 5 nitrogen and oxygen atoms in total. The molecule has 0 spiro atoms. The molecule has 2 heterocycles. The second kappa shape index (κ2) is 2.93. The molecule has 1 aliphatic heterocycles. The molecule has 1 aliphatic rings. The van der Waals surface area contributed by atoms with E-state index in [4.69, 9.17) is 0 Å². The SMILES string of the molecule is O=C1CC(=O)N(c2ccncn2)C1. The summed E-state index contributed by atoms with van der Waals surface area (Å²) in [6.07, 6.45) is 2.88. The van der Waals surface area contributed by atoms with Crippen molar-refractivity contribution in [1.29, 1.82) is 0 Å². The number of ketones is 1. The van der Waals surface area contributed by atoms with Gasteiger partial charge in [0.2, 0.25) is 5.91 Å². The van der Waals surface area contributed by atoms with Gasteiger partial charge in [0.05, 0.1) is 13.0 Å². The molecule has 0 saturated carbocycles. The van der Waals surface area contributed by atoms with Crippen molar-refractivity contribution in [2.45, 2.75) is 6.42 Å². The third kappa shape index (κ3) is 1.40. The van der Waals surface area contributed by atoms with E-state index < -0.39 is 0 Å². The molecule has 1 aromatic rings. The van der Waals surface area contributed by atoms with Crippen molar-refractivity contribution >= 4 is 17.5 Å². The van der Waals surface area contributed by atoms with Crippen molar-refractivity contribution < 1.29 is 9.59 Å². The van der Waals surface area contributed by atoms with E-state index in [2.05, 4.69) is 9.97 Å². The van der Waals surface area contributed by atoms with Crippen LogP contribution in [0.4, 0.5) is 5.82 Å². The number of nitrogens with zero attached hydrogens (tertiary/aromatic N) is 3. The number of carbonyl (C=O) groups excluding carboxylic acids is 2. The molecule has 0 aliphatic carbocycles. The zero-order chi connectivity index (χ0) is 9.26. The van der Waals surface area contributed by atoms with Gasteiger partial charge in [0.15, 0.2) is 5.78 Å². The number of Topliss-reactive ketones (excluding diaryl/α,β-unsaturated/α-hetero) is 1. The van der Waals surface area contributed by atoms with Crippen LogP contribution in [0.3, 0.4) is 0 Å². The van der Waals surface area contributed by atoms with E-state index in [0.717, 1.165) is 0 Å². The maximum Gasteiger partial charge on any atom is 0.236 e. The maximum atomic E-state index is 11.2. The summed E-state index contributed by atoms with van der Waals surface area (Å²) in [5.74, 6) is 0.234. The van der Waals surface area contributed by atoms with Crippen LogP contribution in [0.25, 0.3) is 0 Å². The molecule has 66 valence electrons. The predicted octanol–water partition coefficient (Wildman–Crippen LogP) is -0.218. The molecule has 1 saturated heterocycles. The summed E-state index contributed by atoms with van der Waals surface area (Å²) in [4.78, 5) is 31.1. The fourth-order valence-electron chi connectivity index (χ4n) is 1.24. The Morgan fingerprint density at radius 2 is 2.23 bits per heavy atom. The lowest BCUT2D eigenvalue weighted by molar-refractivity contribution is -0.121. The van der Waals surface area contributed by atoms with Gasteiger partial charge >= 0.3 is 0 Å². The summed E-state index contributed by atoms with van der Waals surface area (Å²) in [6, 6.07) is 1.61. The molecule has 13 heavy (non-hydrogen) atoms. The highest BCUT2D eigenvalue weighted by Gasteiger charge is 2.28. The van der Waals surface area contributed by atoms with E-state index in [1.807, 2.05) is 0 Å². The Bertz CT molecular complexity index is 350. The monoisotopic (exact) mass is 177 g/mol. The van der Waals surface area contributed by atoms with Gasteiger partial charge in [0, 0.05) is 6.20 Å². The molecule has 0 bridgehead atoms. The van der Waals surface area contributed by atoms with Crippen molar-refractivity contribution in [3.63, 3.8) is 0 Å². The average Bonchev–Trinajstić information content (AvgIpc) is 2.47. The quantitative estimate of drug-likeness (QED) is 0.556. The van der Waals surface area contributed by atoms with Crippen LogP contribution in [0, 0.1) is 0 Å². The van der Waals surface area contributed by atoms with Gasteiger partial charge in [0.1, 0.15) is 12.1 Å². The van der Waals surface area contributed by atoms with E-state index in [9.17, 15) is 9.59 Å². The Morgan fingerprint density at radius 3 is 2.77 bits per heavy atom. The number of anilines is 1. The van der Waals surface area contributed by atoms with Crippen molar-refractivity contribution in [2.24, 2.45) is 0 Å². The zero-order valence-corrected chi connectivity index (χ0v) is 6.80. The molecular weight excluding hydrogens is 170 g/mol. The highest BCUT2D eigenvalue weighted by Crippen LogP contribution is 2.15. The fraction of sp³-hybridized carbons (Fsp3) is 0.250. The minimum absolute atomic E-state index is 0.00992. The minimum Gasteiger partial charge on any atom is -0.297 e. The summed E-state index contributed by atoms with van der Waals surface area (Å²) in [7, 11) is 0. The summed E-state index contributed by atoms with van der Waals surface area (Å²) < 4.78 is 0. The maximum absolute atomic E-state index is 11.2. The van der Waals surface area contributed by atoms with Crippen LogP contribution in [0.1, 0.15) is 6.42 Å². The largest absolute Gasteiger partial charge is 0.297 e. The van der Waals surface area contributed by atoms with Gasteiger partial charge in [-0.3, -0.25) is 14.5 Å². The van der Waals surface area contributed by atoms with E-state index in [0.29, 0.717) is 5.82 Å². The van der Waals surface area contributed by atoms with E-state index in [1.54, 1.807) is 12.3 Å². The van der Waals surface area contributed by atoms with Gasteiger partial charge in [0.25, 0.3) is 0 Å². The Kier molecular flexibility index (Phi) is 1.77. The van der Waals surface area contributed by atoms with Crippen molar-refractivity contribution in [1.82, 2.24) is 9.97 Å². The van der Waals surface area contributed by atoms with Crippen LogP contribution in [0.5, 0.6) is 0 Å². The molecule has 2 rings (SSSR count). The molecule has 0 unspecified atom stereocenters. The average molecular weight is 177 g/mol. The second-order valence-corrected chi connectivity index (χ2v) is 2.76. The number of hydrogen-bond acceptors (Lipinski definition) is 4. The number of amides is 1. The van der Waals surface area contributed by atoms with Crippen molar-refractivity contribution in [2.75, 3.05) is 11.4 Å². The van der Waals surface area contributed by atoms with E-state index in [-0.39, 0.29) is 24.7 Å². The molecule has 5 heteroatoms. The number of aromatic nitrogens is 2. The highest BCUT2D eigenvalue weighted by atomic mass is 16.2. The van der Waals surface area contributed by atoms with Gasteiger partial charge in [-0.25, -0.2) is 9.97 Å². The van der Waals surface area contributed by atoms with E-state index >= 15 is 0 Å². The van der Waals surface area contributed by atoms with E-state index in [1.165, 1.54) is 11.2 Å². The first-order valence-electron chi connectivity index (χ1n) is 3.85. The molecule has 0 atom stereocenters. The molecule has 0 radical (unpaired) electrons.